The molecule has 0 saturated heterocycles. The van der Waals surface area contributed by atoms with Crippen LogP contribution in [0.15, 0.2) is 23.1 Å². The van der Waals surface area contributed by atoms with Crippen LogP contribution in [0.1, 0.15) is 24.0 Å². The molecule has 0 saturated carbocycles. The van der Waals surface area contributed by atoms with Crippen molar-refractivity contribution in [3.63, 3.8) is 0 Å². The molecule has 5 heteroatoms. The monoisotopic (exact) mass is 244 g/mol. The first-order valence-corrected chi connectivity index (χ1v) is 6.37. The second kappa shape index (κ2) is 4.95. The highest BCUT2D eigenvalue weighted by atomic mass is 32.2. The molecule has 1 unspecified atom stereocenters. The lowest BCUT2D eigenvalue weighted by Crippen LogP contribution is -2.09. The van der Waals surface area contributed by atoms with Gasteiger partial charge in [0, 0.05) is 13.0 Å². The van der Waals surface area contributed by atoms with Gasteiger partial charge in [-0.05, 0) is 18.6 Å². The lowest BCUT2D eigenvalue weighted by Gasteiger charge is -2.14. The maximum absolute atomic E-state index is 11.2. The zero-order valence-corrected chi connectivity index (χ0v) is 10.4. The number of methoxy groups -OCH3 is 1. The summed E-state index contributed by atoms with van der Waals surface area (Å²) in [6.07, 6.45) is 0. The minimum atomic E-state index is -4.17. The van der Waals surface area contributed by atoms with E-state index in [-0.39, 0.29) is 10.8 Å². The van der Waals surface area contributed by atoms with Crippen LogP contribution in [0.25, 0.3) is 0 Å². The fourth-order valence-electron chi connectivity index (χ4n) is 1.63. The van der Waals surface area contributed by atoms with Crippen LogP contribution in [0.2, 0.25) is 0 Å². The van der Waals surface area contributed by atoms with Crippen molar-refractivity contribution >= 4 is 10.1 Å². The van der Waals surface area contributed by atoms with Gasteiger partial charge in [-0.1, -0.05) is 24.6 Å². The van der Waals surface area contributed by atoms with Crippen molar-refractivity contribution < 1.29 is 17.7 Å². The second-order valence-electron chi connectivity index (χ2n) is 3.87. The quantitative estimate of drug-likeness (QED) is 0.823. The number of hydrogen-bond acceptors (Lipinski definition) is 3. The molecule has 1 aromatic carbocycles. The molecule has 0 radical (unpaired) electrons. The normalized spacial score (nSPS) is 13.8. The Bertz CT molecular complexity index is 465. The first-order valence-electron chi connectivity index (χ1n) is 4.93. The van der Waals surface area contributed by atoms with E-state index >= 15 is 0 Å². The van der Waals surface area contributed by atoms with Crippen LogP contribution in [0.5, 0.6) is 0 Å². The Kier molecular flexibility index (Phi) is 4.07. The van der Waals surface area contributed by atoms with Gasteiger partial charge in [-0.15, -0.1) is 0 Å². The molecule has 0 fully saturated rings. The number of rotatable bonds is 4. The predicted octanol–water partition coefficient (Wildman–Crippen LogP) is 1.99. The Morgan fingerprint density at radius 3 is 2.56 bits per heavy atom. The summed E-state index contributed by atoms with van der Waals surface area (Å²) in [5.74, 6) is -0.0816. The van der Waals surface area contributed by atoms with Gasteiger partial charge in [0.2, 0.25) is 0 Å². The van der Waals surface area contributed by atoms with E-state index in [9.17, 15) is 8.42 Å². The predicted molar refractivity (Wildman–Crippen MR) is 61.3 cm³/mol. The molecule has 0 aliphatic heterocycles. The van der Waals surface area contributed by atoms with Crippen molar-refractivity contribution in [1.29, 1.82) is 0 Å². The lowest BCUT2D eigenvalue weighted by atomic mass is 10.0. The van der Waals surface area contributed by atoms with E-state index in [0.717, 1.165) is 5.56 Å². The number of hydrogen-bond donors (Lipinski definition) is 1. The van der Waals surface area contributed by atoms with E-state index in [1.807, 2.05) is 13.8 Å². The summed E-state index contributed by atoms with van der Waals surface area (Å²) in [5, 5.41) is 0. The third kappa shape index (κ3) is 3.04. The summed E-state index contributed by atoms with van der Waals surface area (Å²) in [6.45, 7) is 4.13. The third-order valence-electron chi connectivity index (χ3n) is 2.39. The Hall–Kier alpha value is -0.910. The zero-order chi connectivity index (χ0) is 12.3. The van der Waals surface area contributed by atoms with Gasteiger partial charge in [0.05, 0.1) is 11.5 Å². The molecule has 0 amide bonds. The minimum Gasteiger partial charge on any atom is -0.384 e. The molecule has 1 N–H and O–H groups in total. The van der Waals surface area contributed by atoms with E-state index in [0.29, 0.717) is 12.2 Å². The smallest absolute Gasteiger partial charge is 0.294 e. The van der Waals surface area contributed by atoms with Gasteiger partial charge in [0.15, 0.2) is 0 Å². The van der Waals surface area contributed by atoms with Crippen LogP contribution in [-0.2, 0) is 14.9 Å². The fraction of sp³-hybridized carbons (Fsp3) is 0.455. The molecule has 4 nitrogen and oxygen atoms in total. The Morgan fingerprint density at radius 2 is 2.06 bits per heavy atom. The Morgan fingerprint density at radius 1 is 1.44 bits per heavy atom. The van der Waals surface area contributed by atoms with Crippen molar-refractivity contribution in [3.05, 3.63) is 29.3 Å². The molecule has 0 aromatic heterocycles. The van der Waals surface area contributed by atoms with Crippen LogP contribution in [-0.4, -0.2) is 26.7 Å². The van der Waals surface area contributed by atoms with Crippen LogP contribution < -0.4 is 0 Å². The summed E-state index contributed by atoms with van der Waals surface area (Å²) in [5.41, 5.74) is 1.54. The fourth-order valence-corrected chi connectivity index (χ4v) is 2.43. The zero-order valence-electron chi connectivity index (χ0n) is 9.60. The second-order valence-corrected chi connectivity index (χ2v) is 5.26. The van der Waals surface area contributed by atoms with Crippen LogP contribution in [0.3, 0.4) is 0 Å². The van der Waals surface area contributed by atoms with Crippen LogP contribution in [0, 0.1) is 6.92 Å². The van der Waals surface area contributed by atoms with Gasteiger partial charge in [0.25, 0.3) is 10.1 Å². The average molecular weight is 244 g/mol. The van der Waals surface area contributed by atoms with E-state index in [1.165, 1.54) is 6.07 Å². The molecule has 1 aromatic rings. The lowest BCUT2D eigenvalue weighted by molar-refractivity contribution is 0.183. The largest absolute Gasteiger partial charge is 0.384 e. The number of benzene rings is 1. The number of ether oxygens (including phenoxy) is 1. The molecule has 0 spiro atoms. The topological polar surface area (TPSA) is 63.6 Å². The maximum Gasteiger partial charge on any atom is 0.294 e. The average Bonchev–Trinajstić information content (AvgIpc) is 2.16. The van der Waals surface area contributed by atoms with Gasteiger partial charge in [-0.3, -0.25) is 4.55 Å². The van der Waals surface area contributed by atoms with E-state index in [4.69, 9.17) is 9.29 Å². The molecule has 1 atom stereocenters. The first-order chi connectivity index (χ1) is 7.36. The first kappa shape index (κ1) is 13.2. The van der Waals surface area contributed by atoms with E-state index in [1.54, 1.807) is 19.2 Å². The molecule has 1 rings (SSSR count). The van der Waals surface area contributed by atoms with E-state index < -0.39 is 10.1 Å². The summed E-state index contributed by atoms with van der Waals surface area (Å²) in [6, 6.07) is 4.84. The highest BCUT2D eigenvalue weighted by Gasteiger charge is 2.19. The molecule has 16 heavy (non-hydrogen) atoms. The van der Waals surface area contributed by atoms with Gasteiger partial charge < -0.3 is 4.74 Å². The Balaban J connectivity index is 3.29. The molecular formula is C11H16O4S. The van der Waals surface area contributed by atoms with Crippen molar-refractivity contribution in [2.45, 2.75) is 24.7 Å². The van der Waals surface area contributed by atoms with Crippen LogP contribution in [0.4, 0.5) is 0 Å². The molecule has 0 heterocycles. The van der Waals surface area contributed by atoms with Gasteiger partial charge in [-0.2, -0.15) is 8.42 Å². The SMILES string of the molecule is COCC(C)c1cc(C)ccc1S(=O)(=O)O. The van der Waals surface area contributed by atoms with E-state index in [2.05, 4.69) is 0 Å². The van der Waals surface area contributed by atoms with Gasteiger partial charge in [0.1, 0.15) is 0 Å². The summed E-state index contributed by atoms with van der Waals surface area (Å²) in [7, 11) is -2.61. The highest BCUT2D eigenvalue weighted by molar-refractivity contribution is 7.85. The molecule has 90 valence electrons. The standard InChI is InChI=1S/C11H16O4S/c1-8-4-5-11(16(12,13)14)10(6-8)9(2)7-15-3/h4-6,9H,7H2,1-3H3,(H,12,13,14). The minimum absolute atomic E-state index is 0.0392. The Labute approximate surface area is 96.0 Å². The van der Waals surface area contributed by atoms with Gasteiger partial charge in [-0.25, -0.2) is 0 Å². The molecule has 0 aliphatic rings. The third-order valence-corrected chi connectivity index (χ3v) is 3.32. The van der Waals surface area contributed by atoms with Crippen LogP contribution >= 0.6 is 0 Å². The summed E-state index contributed by atoms with van der Waals surface area (Å²) < 4.78 is 36.5. The summed E-state index contributed by atoms with van der Waals surface area (Å²) in [4.78, 5) is -0.0392. The van der Waals surface area contributed by atoms with Crippen molar-refractivity contribution in [3.8, 4) is 0 Å². The van der Waals surface area contributed by atoms with Crippen molar-refractivity contribution in [2.24, 2.45) is 0 Å². The van der Waals surface area contributed by atoms with Crippen molar-refractivity contribution in [1.82, 2.24) is 0 Å². The summed E-state index contributed by atoms with van der Waals surface area (Å²) >= 11 is 0. The number of aryl methyl sites for hydroxylation is 1. The molecule has 0 bridgehead atoms. The van der Waals surface area contributed by atoms with Gasteiger partial charge >= 0.3 is 0 Å². The molecular weight excluding hydrogens is 228 g/mol. The van der Waals surface area contributed by atoms with Crippen molar-refractivity contribution in [2.75, 3.05) is 13.7 Å². The maximum atomic E-state index is 11.2. The highest BCUT2D eigenvalue weighted by Crippen LogP contribution is 2.25. The molecule has 0 aliphatic carbocycles.